The number of nitrogens with zero attached hydrogens (tertiary/aromatic N) is 1. The Balaban J connectivity index is 1.53. The third kappa shape index (κ3) is 4.52. The molecule has 2 aromatic carbocycles. The van der Waals surface area contributed by atoms with Gasteiger partial charge in [-0.05, 0) is 71.5 Å². The number of hydrogen-bond donors (Lipinski definition) is 1. The van der Waals surface area contributed by atoms with E-state index in [0.717, 1.165) is 46.2 Å². The molecule has 0 amide bonds. The monoisotopic (exact) mass is 600 g/mol. The first-order valence-corrected chi connectivity index (χ1v) is 13.0. The first kappa shape index (κ1) is 24.5. The van der Waals surface area contributed by atoms with Gasteiger partial charge in [-0.2, -0.15) is 0 Å². The third-order valence-electron chi connectivity index (χ3n) is 6.88. The second-order valence-corrected chi connectivity index (χ2v) is 10.3. The summed E-state index contributed by atoms with van der Waals surface area (Å²) in [6, 6.07) is 10.1. The van der Waals surface area contributed by atoms with E-state index in [2.05, 4.69) is 27.9 Å². The number of nitrogens with one attached hydrogen (secondary N) is 1. The summed E-state index contributed by atoms with van der Waals surface area (Å²) in [5, 5.41) is 14.5. The standard InChI is InChI=1S/C27H25IN2O6/c1-35-23-13-16(12-18(28)27(23)36-14-15-5-2-6-17(11-15)30(33)34)24-25-19(7-3-9-21(25)31)29-20-8-4-10-22(32)26(20)24/h2,5-6,11-13,24,29H,3-4,7-10,14H2,1H3. The minimum Gasteiger partial charge on any atom is -0.493 e. The minimum absolute atomic E-state index is 0.00136. The molecule has 8 nitrogen and oxygen atoms in total. The predicted molar refractivity (Wildman–Crippen MR) is 141 cm³/mol. The van der Waals surface area contributed by atoms with Crippen molar-refractivity contribution in [1.82, 2.24) is 5.32 Å². The molecule has 0 atom stereocenters. The molecule has 0 unspecified atom stereocenters. The van der Waals surface area contributed by atoms with Crippen LogP contribution >= 0.6 is 22.6 Å². The Morgan fingerprint density at radius 3 is 2.31 bits per heavy atom. The van der Waals surface area contributed by atoms with Crippen molar-refractivity contribution in [1.29, 1.82) is 0 Å². The molecule has 1 heterocycles. The second-order valence-electron chi connectivity index (χ2n) is 9.15. The Bertz CT molecular complexity index is 1300. The molecule has 5 rings (SSSR count). The zero-order chi connectivity index (χ0) is 25.4. The highest BCUT2D eigenvalue weighted by Gasteiger charge is 2.40. The van der Waals surface area contributed by atoms with Crippen molar-refractivity contribution in [3.05, 3.63) is 83.7 Å². The van der Waals surface area contributed by atoms with Crippen LogP contribution in [0.3, 0.4) is 0 Å². The first-order valence-electron chi connectivity index (χ1n) is 11.9. The minimum atomic E-state index is -0.438. The van der Waals surface area contributed by atoms with Gasteiger partial charge in [0.25, 0.3) is 5.69 Å². The topological polar surface area (TPSA) is 108 Å². The van der Waals surface area contributed by atoms with Crippen LogP contribution in [0.2, 0.25) is 0 Å². The van der Waals surface area contributed by atoms with E-state index < -0.39 is 10.8 Å². The van der Waals surface area contributed by atoms with Gasteiger partial charge in [0.05, 0.1) is 15.6 Å². The van der Waals surface area contributed by atoms with E-state index in [1.807, 2.05) is 12.1 Å². The van der Waals surface area contributed by atoms with E-state index in [1.165, 1.54) is 12.1 Å². The van der Waals surface area contributed by atoms with Crippen LogP contribution in [0.25, 0.3) is 0 Å². The lowest BCUT2D eigenvalue weighted by atomic mass is 9.71. The van der Waals surface area contributed by atoms with E-state index in [4.69, 9.17) is 9.47 Å². The second kappa shape index (κ2) is 10.0. The molecule has 186 valence electrons. The van der Waals surface area contributed by atoms with Gasteiger partial charge < -0.3 is 14.8 Å². The molecule has 2 aliphatic carbocycles. The maximum atomic E-state index is 13.1. The van der Waals surface area contributed by atoms with E-state index in [9.17, 15) is 19.7 Å². The van der Waals surface area contributed by atoms with Crippen molar-refractivity contribution in [2.24, 2.45) is 0 Å². The van der Waals surface area contributed by atoms with Gasteiger partial charge in [-0.1, -0.05) is 12.1 Å². The zero-order valence-corrected chi connectivity index (χ0v) is 21.9. The number of methoxy groups -OCH3 is 1. The van der Waals surface area contributed by atoms with Crippen LogP contribution in [0.1, 0.15) is 55.6 Å². The number of nitro benzene ring substituents is 1. The number of non-ortho nitro benzene ring substituents is 1. The number of rotatable bonds is 6. The summed E-state index contributed by atoms with van der Waals surface area (Å²) in [5.74, 6) is 0.731. The number of carbonyl (C=O) groups is 2. The zero-order valence-electron chi connectivity index (χ0n) is 19.8. The summed E-state index contributed by atoms with van der Waals surface area (Å²) in [6.07, 6.45) is 4.15. The van der Waals surface area contributed by atoms with Gasteiger partial charge in [0.2, 0.25) is 0 Å². The van der Waals surface area contributed by atoms with Gasteiger partial charge in [-0.25, -0.2) is 0 Å². The smallest absolute Gasteiger partial charge is 0.269 e. The molecule has 0 radical (unpaired) electrons. The van der Waals surface area contributed by atoms with Crippen LogP contribution in [-0.4, -0.2) is 23.6 Å². The molecule has 0 fully saturated rings. The van der Waals surface area contributed by atoms with Crippen molar-refractivity contribution in [2.75, 3.05) is 7.11 Å². The van der Waals surface area contributed by atoms with Crippen LogP contribution in [0.5, 0.6) is 11.5 Å². The van der Waals surface area contributed by atoms with Gasteiger partial charge in [-0.3, -0.25) is 19.7 Å². The summed E-state index contributed by atoms with van der Waals surface area (Å²) in [4.78, 5) is 36.9. The number of ether oxygens (including phenoxy) is 2. The Hall–Kier alpha value is -3.21. The summed E-state index contributed by atoms with van der Waals surface area (Å²) in [6.45, 7) is 0.127. The van der Waals surface area contributed by atoms with Crippen molar-refractivity contribution in [2.45, 2.75) is 51.0 Å². The van der Waals surface area contributed by atoms with Crippen LogP contribution in [0.4, 0.5) is 5.69 Å². The molecular formula is C27H25IN2O6. The number of Topliss-reactive ketones (excluding diaryl/α,β-unsaturated/α-hetero) is 2. The molecule has 0 bridgehead atoms. The average Bonchev–Trinajstić information content (AvgIpc) is 2.87. The average molecular weight is 600 g/mol. The highest BCUT2D eigenvalue weighted by molar-refractivity contribution is 14.1. The number of dihydropyridines is 1. The van der Waals surface area contributed by atoms with Crippen molar-refractivity contribution >= 4 is 39.8 Å². The lowest BCUT2D eigenvalue weighted by Gasteiger charge is -2.37. The number of nitro groups is 1. The molecule has 9 heteroatoms. The lowest BCUT2D eigenvalue weighted by Crippen LogP contribution is -2.36. The largest absolute Gasteiger partial charge is 0.493 e. The SMILES string of the molecule is COc1cc(C2C3=C(CCCC3=O)NC3=C2C(=O)CCC3)cc(I)c1OCc1cccc([N+](=O)[O-])c1. The number of ketones is 2. The van der Waals surface area contributed by atoms with Gasteiger partial charge in [-0.15, -0.1) is 0 Å². The fourth-order valence-electron chi connectivity index (χ4n) is 5.28. The highest BCUT2D eigenvalue weighted by Crippen LogP contribution is 2.47. The molecule has 0 saturated carbocycles. The molecule has 0 aromatic heterocycles. The molecule has 3 aliphatic rings. The fourth-order valence-corrected chi connectivity index (χ4v) is 6.06. The molecule has 2 aromatic rings. The van der Waals surface area contributed by atoms with E-state index in [1.54, 1.807) is 19.2 Å². The molecule has 1 aliphatic heterocycles. The van der Waals surface area contributed by atoms with E-state index in [-0.39, 0.29) is 23.9 Å². The highest BCUT2D eigenvalue weighted by atomic mass is 127. The maximum Gasteiger partial charge on any atom is 0.269 e. The Kier molecular flexibility index (Phi) is 6.83. The van der Waals surface area contributed by atoms with Crippen LogP contribution in [0.15, 0.2) is 58.9 Å². The van der Waals surface area contributed by atoms with E-state index in [0.29, 0.717) is 41.1 Å². The number of carbonyl (C=O) groups excluding carboxylic acids is 2. The maximum absolute atomic E-state index is 13.1. The quantitative estimate of drug-likeness (QED) is 0.266. The Labute approximate surface area is 222 Å². The Morgan fingerprint density at radius 1 is 1.03 bits per heavy atom. The lowest BCUT2D eigenvalue weighted by molar-refractivity contribution is -0.384. The summed E-state index contributed by atoms with van der Waals surface area (Å²) in [5.41, 5.74) is 4.74. The van der Waals surface area contributed by atoms with Crippen molar-refractivity contribution < 1.29 is 24.0 Å². The van der Waals surface area contributed by atoms with Crippen LogP contribution in [-0.2, 0) is 16.2 Å². The first-order chi connectivity index (χ1) is 17.4. The molecule has 0 saturated heterocycles. The van der Waals surface area contributed by atoms with Gasteiger partial charge in [0.15, 0.2) is 23.1 Å². The molecule has 36 heavy (non-hydrogen) atoms. The predicted octanol–water partition coefficient (Wildman–Crippen LogP) is 5.49. The Morgan fingerprint density at radius 2 is 1.69 bits per heavy atom. The number of benzene rings is 2. The van der Waals surface area contributed by atoms with Crippen LogP contribution < -0.4 is 14.8 Å². The normalized spacial score (nSPS) is 17.9. The van der Waals surface area contributed by atoms with Gasteiger partial charge in [0.1, 0.15) is 6.61 Å². The third-order valence-corrected chi connectivity index (χ3v) is 7.68. The van der Waals surface area contributed by atoms with Gasteiger partial charge in [0, 0.05) is 53.4 Å². The van der Waals surface area contributed by atoms with Crippen molar-refractivity contribution in [3.8, 4) is 11.5 Å². The summed E-state index contributed by atoms with van der Waals surface area (Å²) >= 11 is 2.17. The van der Waals surface area contributed by atoms with Gasteiger partial charge >= 0.3 is 0 Å². The van der Waals surface area contributed by atoms with E-state index >= 15 is 0 Å². The fraction of sp³-hybridized carbons (Fsp3) is 0.333. The number of allylic oxidation sites excluding steroid dienone is 4. The van der Waals surface area contributed by atoms with Crippen molar-refractivity contribution in [3.63, 3.8) is 0 Å². The van der Waals surface area contributed by atoms with Crippen LogP contribution in [0, 0.1) is 13.7 Å². The molecule has 0 spiro atoms. The summed E-state index contributed by atoms with van der Waals surface area (Å²) in [7, 11) is 1.55. The molecule has 1 N–H and O–H groups in total. The number of hydrogen-bond acceptors (Lipinski definition) is 7. The molecular weight excluding hydrogens is 575 g/mol. The summed E-state index contributed by atoms with van der Waals surface area (Å²) < 4.78 is 12.5. The number of halogens is 1.